The normalized spacial score (nSPS) is 13.7. The second-order valence-electron chi connectivity index (χ2n) is 5.24. The third-order valence-electron chi connectivity index (χ3n) is 3.75. The summed E-state index contributed by atoms with van der Waals surface area (Å²) in [7, 11) is 0. The minimum absolute atomic E-state index is 0.319. The third kappa shape index (κ3) is 3.57. The highest BCUT2D eigenvalue weighted by molar-refractivity contribution is 6.31. The molecular weight excluding hydrogens is 317 g/mol. The molecule has 0 bridgehead atoms. The molecule has 2 aromatic carbocycles. The molecule has 6 heteroatoms. The summed E-state index contributed by atoms with van der Waals surface area (Å²) >= 11 is 6.20. The molecule has 0 spiro atoms. The predicted octanol–water partition coefficient (Wildman–Crippen LogP) is 3.59. The van der Waals surface area contributed by atoms with Gasteiger partial charge in [0.05, 0.1) is 12.6 Å². The molecule has 0 radical (unpaired) electrons. The third-order valence-corrected chi connectivity index (χ3v) is 4.10. The summed E-state index contributed by atoms with van der Waals surface area (Å²) in [5, 5.41) is 15.4. The van der Waals surface area contributed by atoms with Crippen LogP contribution in [-0.2, 0) is 6.54 Å². The highest BCUT2D eigenvalue weighted by Gasteiger charge is 2.25. The molecule has 1 aromatic heterocycles. The van der Waals surface area contributed by atoms with Gasteiger partial charge in [0, 0.05) is 10.9 Å². The van der Waals surface area contributed by atoms with Gasteiger partial charge in [0.1, 0.15) is 18.5 Å². The van der Waals surface area contributed by atoms with Crippen molar-refractivity contribution in [1.82, 2.24) is 14.8 Å². The molecule has 0 aliphatic rings. The topological polar surface area (TPSA) is 50.9 Å². The van der Waals surface area contributed by atoms with E-state index < -0.39 is 6.10 Å². The van der Waals surface area contributed by atoms with Crippen LogP contribution in [0.5, 0.6) is 0 Å². The van der Waals surface area contributed by atoms with Gasteiger partial charge < -0.3 is 5.11 Å². The molecule has 0 aliphatic carbocycles. The average molecular weight is 332 g/mol. The number of halogens is 2. The fourth-order valence-electron chi connectivity index (χ4n) is 2.56. The van der Waals surface area contributed by atoms with Gasteiger partial charge in [-0.3, -0.25) is 4.68 Å². The minimum atomic E-state index is -0.849. The Kier molecular flexibility index (Phi) is 4.69. The van der Waals surface area contributed by atoms with Crippen LogP contribution in [0.2, 0.25) is 5.02 Å². The van der Waals surface area contributed by atoms with Crippen LogP contribution in [0.1, 0.15) is 23.1 Å². The van der Waals surface area contributed by atoms with Gasteiger partial charge >= 0.3 is 0 Å². The number of rotatable bonds is 5. The fraction of sp³-hybridized carbons (Fsp3) is 0.176. The number of aromatic nitrogens is 3. The Bertz CT molecular complexity index is 762. The van der Waals surface area contributed by atoms with Gasteiger partial charge in [0.15, 0.2) is 0 Å². The fourth-order valence-corrected chi connectivity index (χ4v) is 2.81. The van der Waals surface area contributed by atoms with Crippen LogP contribution in [-0.4, -0.2) is 19.9 Å². The summed E-state index contributed by atoms with van der Waals surface area (Å²) in [6.07, 6.45) is 2.16. The van der Waals surface area contributed by atoms with Crippen molar-refractivity contribution in [3.05, 3.63) is 83.2 Å². The van der Waals surface area contributed by atoms with E-state index in [2.05, 4.69) is 10.1 Å². The average Bonchev–Trinajstić information content (AvgIpc) is 3.07. The predicted molar refractivity (Wildman–Crippen MR) is 85.6 cm³/mol. The molecule has 3 rings (SSSR count). The van der Waals surface area contributed by atoms with Gasteiger partial charge in [-0.2, -0.15) is 5.10 Å². The van der Waals surface area contributed by atoms with Crippen molar-refractivity contribution in [3.63, 3.8) is 0 Å². The van der Waals surface area contributed by atoms with E-state index in [1.54, 1.807) is 35.3 Å². The number of aliphatic hydroxyl groups is 1. The first kappa shape index (κ1) is 15.6. The summed E-state index contributed by atoms with van der Waals surface area (Å²) in [4.78, 5) is 3.92. The quantitative estimate of drug-likeness (QED) is 0.777. The lowest BCUT2D eigenvalue weighted by Gasteiger charge is -2.24. The van der Waals surface area contributed by atoms with Gasteiger partial charge in [0.25, 0.3) is 0 Å². The van der Waals surface area contributed by atoms with Gasteiger partial charge in [-0.05, 0) is 29.3 Å². The molecule has 2 unspecified atom stereocenters. The number of nitrogens with zero attached hydrogens (tertiary/aromatic N) is 3. The van der Waals surface area contributed by atoms with Crippen LogP contribution in [0.25, 0.3) is 0 Å². The Morgan fingerprint density at radius 1 is 1.13 bits per heavy atom. The molecule has 23 heavy (non-hydrogen) atoms. The smallest absolute Gasteiger partial charge is 0.137 e. The van der Waals surface area contributed by atoms with E-state index in [0.29, 0.717) is 17.1 Å². The van der Waals surface area contributed by atoms with Crippen molar-refractivity contribution in [2.45, 2.75) is 18.6 Å². The highest BCUT2D eigenvalue weighted by Crippen LogP contribution is 2.35. The van der Waals surface area contributed by atoms with Crippen LogP contribution < -0.4 is 0 Å². The van der Waals surface area contributed by atoms with E-state index >= 15 is 0 Å². The second kappa shape index (κ2) is 6.89. The first-order valence-electron chi connectivity index (χ1n) is 7.15. The minimum Gasteiger partial charge on any atom is -0.388 e. The van der Waals surface area contributed by atoms with Crippen LogP contribution in [0.3, 0.4) is 0 Å². The van der Waals surface area contributed by atoms with E-state index in [0.717, 1.165) is 5.56 Å². The number of hydrogen-bond donors (Lipinski definition) is 1. The maximum Gasteiger partial charge on any atom is 0.137 e. The van der Waals surface area contributed by atoms with Crippen molar-refractivity contribution in [1.29, 1.82) is 0 Å². The van der Waals surface area contributed by atoms with Crippen LogP contribution in [0.15, 0.2) is 61.2 Å². The largest absolute Gasteiger partial charge is 0.388 e. The Hall–Kier alpha value is -2.24. The number of hydrogen-bond acceptors (Lipinski definition) is 3. The zero-order valence-electron chi connectivity index (χ0n) is 12.2. The molecular formula is C17H15ClFN3O. The lowest BCUT2D eigenvalue weighted by atomic mass is 9.89. The first-order valence-corrected chi connectivity index (χ1v) is 7.53. The number of benzene rings is 2. The molecule has 2 atom stereocenters. The van der Waals surface area contributed by atoms with E-state index in [1.165, 1.54) is 18.5 Å². The van der Waals surface area contributed by atoms with Crippen molar-refractivity contribution in [2.75, 3.05) is 0 Å². The monoisotopic (exact) mass is 331 g/mol. The van der Waals surface area contributed by atoms with E-state index in [-0.39, 0.29) is 11.7 Å². The molecule has 0 fully saturated rings. The summed E-state index contributed by atoms with van der Waals surface area (Å²) in [5.74, 6) is -0.655. The molecule has 0 amide bonds. The van der Waals surface area contributed by atoms with Crippen LogP contribution in [0.4, 0.5) is 4.39 Å². The van der Waals surface area contributed by atoms with Gasteiger partial charge in [-0.1, -0.05) is 41.9 Å². The van der Waals surface area contributed by atoms with Gasteiger partial charge in [-0.25, -0.2) is 9.37 Å². The van der Waals surface area contributed by atoms with Crippen LogP contribution >= 0.6 is 11.6 Å². The Balaban J connectivity index is 1.97. The van der Waals surface area contributed by atoms with E-state index in [9.17, 15) is 9.50 Å². The van der Waals surface area contributed by atoms with Crippen molar-refractivity contribution >= 4 is 11.6 Å². The zero-order valence-corrected chi connectivity index (χ0v) is 12.9. The highest BCUT2D eigenvalue weighted by atomic mass is 35.5. The molecule has 0 saturated carbocycles. The van der Waals surface area contributed by atoms with Gasteiger partial charge in [-0.15, -0.1) is 0 Å². The summed E-state index contributed by atoms with van der Waals surface area (Å²) in [6.45, 7) is 0.401. The Labute approximate surface area is 138 Å². The van der Waals surface area contributed by atoms with Crippen molar-refractivity contribution in [3.8, 4) is 0 Å². The molecule has 1 N–H and O–H groups in total. The maximum absolute atomic E-state index is 13.2. The standard InChI is InChI=1S/C17H15ClFN3O/c18-16-4-2-1-3-14(16)17(23)15(9-22-11-20-10-21-22)12-5-7-13(19)8-6-12/h1-8,10-11,15,17,23H,9H2. The van der Waals surface area contributed by atoms with Crippen molar-refractivity contribution in [2.24, 2.45) is 0 Å². The van der Waals surface area contributed by atoms with Crippen molar-refractivity contribution < 1.29 is 9.50 Å². The molecule has 3 aromatic rings. The summed E-state index contributed by atoms with van der Waals surface area (Å²) in [5.41, 5.74) is 1.43. The summed E-state index contributed by atoms with van der Waals surface area (Å²) < 4.78 is 14.8. The van der Waals surface area contributed by atoms with E-state index in [4.69, 9.17) is 11.6 Å². The molecule has 118 valence electrons. The molecule has 4 nitrogen and oxygen atoms in total. The number of aliphatic hydroxyl groups excluding tert-OH is 1. The van der Waals surface area contributed by atoms with Gasteiger partial charge in [0.2, 0.25) is 0 Å². The second-order valence-corrected chi connectivity index (χ2v) is 5.65. The summed E-state index contributed by atoms with van der Waals surface area (Å²) in [6, 6.07) is 13.2. The Morgan fingerprint density at radius 3 is 2.52 bits per heavy atom. The van der Waals surface area contributed by atoms with E-state index in [1.807, 2.05) is 12.1 Å². The zero-order chi connectivity index (χ0) is 16.2. The maximum atomic E-state index is 13.2. The SMILES string of the molecule is OC(c1ccccc1Cl)C(Cn1cncn1)c1ccc(F)cc1. The lowest BCUT2D eigenvalue weighted by molar-refractivity contribution is 0.134. The Morgan fingerprint density at radius 2 is 1.87 bits per heavy atom. The lowest BCUT2D eigenvalue weighted by Crippen LogP contribution is -2.18. The molecule has 1 heterocycles. The molecule has 0 saturated heterocycles. The first-order chi connectivity index (χ1) is 11.1. The molecule has 0 aliphatic heterocycles. The van der Waals surface area contributed by atoms with Crippen LogP contribution in [0, 0.1) is 5.82 Å².